The number of hydrogen-bond acceptors (Lipinski definition) is 1. The molecule has 1 heterocycles. The summed E-state index contributed by atoms with van der Waals surface area (Å²) in [5.41, 5.74) is 10.9. The highest BCUT2D eigenvalue weighted by Crippen LogP contribution is 2.40. The van der Waals surface area contributed by atoms with E-state index in [9.17, 15) is 0 Å². The van der Waals surface area contributed by atoms with Crippen LogP contribution in [0.1, 0.15) is 27.7 Å². The first kappa shape index (κ1) is 12.4. The lowest BCUT2D eigenvalue weighted by molar-refractivity contribution is 0.214. The molecule has 0 bridgehead atoms. The van der Waals surface area contributed by atoms with E-state index in [4.69, 9.17) is 4.74 Å². The van der Waals surface area contributed by atoms with Crippen LogP contribution in [0.4, 0.5) is 0 Å². The Bertz CT molecular complexity index is 631. The second-order valence-electron chi connectivity index (χ2n) is 5.66. The molecule has 1 aliphatic heterocycles. The zero-order chi connectivity index (χ0) is 13.6. The first-order chi connectivity index (χ1) is 9.08. The summed E-state index contributed by atoms with van der Waals surface area (Å²) >= 11 is 0. The second kappa shape index (κ2) is 4.50. The molecule has 0 radical (unpaired) electrons. The van der Waals surface area contributed by atoms with Crippen LogP contribution in [0.5, 0.6) is 0 Å². The van der Waals surface area contributed by atoms with Crippen LogP contribution >= 0.6 is 0 Å². The van der Waals surface area contributed by atoms with Crippen molar-refractivity contribution in [3.05, 3.63) is 68.9 Å². The van der Waals surface area contributed by atoms with Crippen molar-refractivity contribution >= 4 is 0 Å². The monoisotopic (exact) mass is 252 g/mol. The Kier molecular flexibility index (Phi) is 2.94. The van der Waals surface area contributed by atoms with Crippen LogP contribution in [0.2, 0.25) is 0 Å². The molecule has 1 heteroatoms. The van der Waals surface area contributed by atoms with Crippen molar-refractivity contribution in [3.8, 4) is 0 Å². The van der Waals surface area contributed by atoms with Gasteiger partial charge in [-0.15, -0.1) is 0 Å². The minimum atomic E-state index is 0.739. The predicted octanol–water partition coefficient (Wildman–Crippen LogP) is 4.42. The van der Waals surface area contributed by atoms with E-state index < -0.39 is 0 Å². The summed E-state index contributed by atoms with van der Waals surface area (Å²) in [5.74, 6) is 0. The van der Waals surface area contributed by atoms with E-state index in [1.807, 2.05) is 0 Å². The van der Waals surface area contributed by atoms with E-state index in [1.165, 1.54) is 44.6 Å². The summed E-state index contributed by atoms with van der Waals surface area (Å²) in [6.07, 6.45) is 9.03. The van der Waals surface area contributed by atoms with Crippen LogP contribution in [-0.4, -0.2) is 13.2 Å². The Morgan fingerprint density at radius 3 is 2.42 bits per heavy atom. The molecule has 0 atom stereocenters. The Morgan fingerprint density at radius 1 is 0.842 bits per heavy atom. The number of allylic oxidation sites excluding steroid dienone is 10. The van der Waals surface area contributed by atoms with Gasteiger partial charge in [-0.3, -0.25) is 0 Å². The van der Waals surface area contributed by atoms with Gasteiger partial charge in [0.2, 0.25) is 0 Å². The van der Waals surface area contributed by atoms with Crippen molar-refractivity contribution in [2.24, 2.45) is 0 Å². The van der Waals surface area contributed by atoms with Gasteiger partial charge in [0.25, 0.3) is 0 Å². The normalized spacial score (nSPS) is 22.9. The van der Waals surface area contributed by atoms with Crippen molar-refractivity contribution < 1.29 is 4.74 Å². The first-order valence-corrected chi connectivity index (χ1v) is 6.85. The lowest BCUT2D eigenvalue weighted by Gasteiger charge is -2.16. The fourth-order valence-electron chi connectivity index (χ4n) is 3.29. The van der Waals surface area contributed by atoms with Gasteiger partial charge in [0, 0.05) is 0 Å². The summed E-state index contributed by atoms with van der Waals surface area (Å²) < 4.78 is 5.66. The van der Waals surface area contributed by atoms with Crippen molar-refractivity contribution in [3.63, 3.8) is 0 Å². The zero-order valence-electron chi connectivity index (χ0n) is 12.1. The average molecular weight is 252 g/mol. The van der Waals surface area contributed by atoms with Gasteiger partial charge in [-0.2, -0.15) is 0 Å². The minimum Gasteiger partial charge on any atom is -0.372 e. The molecule has 1 nitrogen and oxygen atoms in total. The SMILES string of the molecule is CC1=CC(C)=C2C(C)=CC=C3COCC3=C2C(C)=C1. The highest BCUT2D eigenvalue weighted by molar-refractivity contribution is 5.68. The largest absolute Gasteiger partial charge is 0.372 e. The molecule has 98 valence electrons. The fourth-order valence-corrected chi connectivity index (χ4v) is 3.29. The van der Waals surface area contributed by atoms with E-state index in [0.29, 0.717) is 0 Å². The molecule has 0 aromatic rings. The number of fused-ring (bicyclic) bond motifs is 2. The molecule has 0 aromatic carbocycles. The topological polar surface area (TPSA) is 9.23 Å². The summed E-state index contributed by atoms with van der Waals surface area (Å²) in [4.78, 5) is 0. The van der Waals surface area contributed by atoms with Gasteiger partial charge in [-0.25, -0.2) is 0 Å². The molecule has 3 aliphatic rings. The van der Waals surface area contributed by atoms with Gasteiger partial charge in [0.05, 0.1) is 13.2 Å². The van der Waals surface area contributed by atoms with Crippen LogP contribution in [0.15, 0.2) is 68.9 Å². The lowest BCUT2D eigenvalue weighted by atomic mass is 9.87. The summed E-state index contributed by atoms with van der Waals surface area (Å²) in [6, 6.07) is 0. The highest BCUT2D eigenvalue weighted by Gasteiger charge is 2.25. The smallest absolute Gasteiger partial charge is 0.0731 e. The maximum Gasteiger partial charge on any atom is 0.0731 e. The maximum absolute atomic E-state index is 5.66. The van der Waals surface area contributed by atoms with E-state index in [2.05, 4.69) is 52.0 Å². The Morgan fingerprint density at radius 2 is 1.63 bits per heavy atom. The van der Waals surface area contributed by atoms with E-state index in [1.54, 1.807) is 0 Å². The summed E-state index contributed by atoms with van der Waals surface area (Å²) in [6.45, 7) is 10.3. The molecule has 3 rings (SSSR count). The minimum absolute atomic E-state index is 0.739. The van der Waals surface area contributed by atoms with Gasteiger partial charge in [-0.05, 0) is 66.7 Å². The molecule has 1 saturated heterocycles. The summed E-state index contributed by atoms with van der Waals surface area (Å²) in [7, 11) is 0. The average Bonchev–Trinajstić information content (AvgIpc) is 2.69. The third kappa shape index (κ3) is 1.98. The van der Waals surface area contributed by atoms with Gasteiger partial charge in [-0.1, -0.05) is 29.9 Å². The van der Waals surface area contributed by atoms with Crippen LogP contribution in [0, 0.1) is 0 Å². The van der Waals surface area contributed by atoms with Crippen molar-refractivity contribution in [2.45, 2.75) is 27.7 Å². The van der Waals surface area contributed by atoms with E-state index >= 15 is 0 Å². The van der Waals surface area contributed by atoms with Crippen molar-refractivity contribution in [1.82, 2.24) is 0 Å². The highest BCUT2D eigenvalue weighted by atomic mass is 16.5. The molecular weight excluding hydrogens is 232 g/mol. The second-order valence-corrected chi connectivity index (χ2v) is 5.66. The molecule has 0 unspecified atom stereocenters. The lowest BCUT2D eigenvalue weighted by Crippen LogP contribution is -2.01. The molecule has 0 N–H and O–H groups in total. The fraction of sp³-hybridized carbons (Fsp3) is 0.333. The van der Waals surface area contributed by atoms with Gasteiger partial charge >= 0.3 is 0 Å². The van der Waals surface area contributed by atoms with Gasteiger partial charge in [0.15, 0.2) is 0 Å². The molecule has 0 amide bonds. The zero-order valence-corrected chi connectivity index (χ0v) is 12.1. The van der Waals surface area contributed by atoms with Gasteiger partial charge in [0.1, 0.15) is 0 Å². The van der Waals surface area contributed by atoms with E-state index in [-0.39, 0.29) is 0 Å². The number of hydrogen-bond donors (Lipinski definition) is 0. The Hall–Kier alpha value is -1.60. The Balaban J connectivity index is 2.36. The summed E-state index contributed by atoms with van der Waals surface area (Å²) in [5, 5.41) is 0. The molecule has 0 saturated carbocycles. The Labute approximate surface area is 115 Å². The maximum atomic E-state index is 5.66. The van der Waals surface area contributed by atoms with Gasteiger partial charge < -0.3 is 4.74 Å². The van der Waals surface area contributed by atoms with Crippen molar-refractivity contribution in [1.29, 1.82) is 0 Å². The first-order valence-electron chi connectivity index (χ1n) is 6.85. The molecule has 0 spiro atoms. The molecular formula is C18H20O. The van der Waals surface area contributed by atoms with Crippen molar-refractivity contribution in [2.75, 3.05) is 13.2 Å². The van der Waals surface area contributed by atoms with Crippen LogP contribution in [-0.2, 0) is 4.74 Å². The standard InChI is InChI=1S/C18H20O/c1-11-7-13(3)17-12(2)5-6-15-9-19-10-16(15)18(17)14(4)8-11/h5-8H,9-10H2,1-4H3. The van der Waals surface area contributed by atoms with E-state index in [0.717, 1.165) is 13.2 Å². The number of rotatable bonds is 0. The number of ether oxygens (including phenoxy) is 1. The van der Waals surface area contributed by atoms with Crippen LogP contribution in [0.3, 0.4) is 0 Å². The third-order valence-corrected chi connectivity index (χ3v) is 4.05. The molecule has 0 aromatic heterocycles. The van der Waals surface area contributed by atoms with Crippen LogP contribution < -0.4 is 0 Å². The molecule has 2 aliphatic carbocycles. The van der Waals surface area contributed by atoms with Crippen LogP contribution in [0.25, 0.3) is 0 Å². The quantitative estimate of drug-likeness (QED) is 0.620. The third-order valence-electron chi connectivity index (χ3n) is 4.05. The predicted molar refractivity (Wildman–Crippen MR) is 79.9 cm³/mol. The molecule has 1 fully saturated rings. The molecule has 19 heavy (non-hydrogen) atoms.